The van der Waals surface area contributed by atoms with Crippen molar-refractivity contribution in [2.24, 2.45) is 9.98 Å². The molecule has 8 aromatic carbocycles. The number of aromatic nitrogens is 1. The molecule has 12 rings (SSSR count). The number of hydrogen-bond donors (Lipinski definition) is 1. The van der Waals surface area contributed by atoms with Crippen LogP contribution in [-0.2, 0) is 0 Å². The van der Waals surface area contributed by atoms with Gasteiger partial charge in [0.25, 0.3) is 0 Å². The van der Waals surface area contributed by atoms with Crippen molar-refractivity contribution in [1.29, 1.82) is 0 Å². The predicted octanol–water partition coefficient (Wildman–Crippen LogP) is 13.2. The third-order valence-corrected chi connectivity index (χ3v) is 12.4. The second-order valence-electron chi connectivity index (χ2n) is 14.6. The van der Waals surface area contributed by atoms with Crippen molar-refractivity contribution < 1.29 is 4.42 Å². The molecule has 5 nitrogen and oxygen atoms in total. The third kappa shape index (κ3) is 5.22. The summed E-state index contributed by atoms with van der Waals surface area (Å²) in [6.45, 7) is 0. The normalized spacial score (nSPS) is 14.5. The van der Waals surface area contributed by atoms with Crippen LogP contribution in [0.3, 0.4) is 0 Å². The lowest BCUT2D eigenvalue weighted by molar-refractivity contribution is 0.668. The quantitative estimate of drug-likeness (QED) is 0.191. The van der Waals surface area contributed by atoms with Crippen LogP contribution in [0.25, 0.3) is 80.7 Å². The molecule has 0 saturated heterocycles. The lowest BCUT2D eigenvalue weighted by Gasteiger charge is -2.23. The highest BCUT2D eigenvalue weighted by Gasteiger charge is 2.22. The molecule has 0 saturated carbocycles. The molecule has 0 amide bonds. The number of furan rings is 1. The highest BCUT2D eigenvalue weighted by molar-refractivity contribution is 7.25. The van der Waals surface area contributed by atoms with E-state index < -0.39 is 0 Å². The minimum Gasteiger partial charge on any atom is -0.456 e. The summed E-state index contributed by atoms with van der Waals surface area (Å²) in [7, 11) is 0. The van der Waals surface area contributed by atoms with Crippen molar-refractivity contribution in [2.75, 3.05) is 0 Å². The van der Waals surface area contributed by atoms with Crippen LogP contribution < -0.4 is 5.32 Å². The standard InChI is InChI=1S/C51H32N4OS/c1-3-11-31(12-4-1)49-52-50(32-13-5-2-6-14-32)54-51(53-49)35-19-23-40-42-28-34(21-26-47(42)57-48(40)29-35)33-20-25-45-41(27-33)39-24-22-36(30-46(39)56-45)55-43-17-9-7-15-37(43)38-16-8-10-18-44(38)55/h1-30,49H,(H,52,53,54). The first-order chi connectivity index (χ1) is 28.2. The average molecular weight is 749 g/mol. The number of fused-ring (bicyclic) bond motifs is 9. The molecule has 0 fully saturated rings. The molecule has 1 atom stereocenters. The number of rotatable bonds is 5. The SMILES string of the molecule is c1ccc(C2=NC(c3ccc4c(c3)sc3ccc(-c5ccc6oc7cc(-n8c9ccccc9c9ccccc98)ccc7c6c5)cc34)=NC(c3ccccc3)N2)cc1. The number of thiophene rings is 1. The summed E-state index contributed by atoms with van der Waals surface area (Å²) < 4.78 is 11.3. The monoisotopic (exact) mass is 748 g/mol. The van der Waals surface area contributed by atoms with Gasteiger partial charge in [0, 0.05) is 64.6 Å². The highest BCUT2D eigenvalue weighted by atomic mass is 32.1. The van der Waals surface area contributed by atoms with Crippen molar-refractivity contribution in [2.45, 2.75) is 6.17 Å². The van der Waals surface area contributed by atoms with E-state index in [-0.39, 0.29) is 6.17 Å². The fourth-order valence-electron chi connectivity index (χ4n) is 8.51. The summed E-state index contributed by atoms with van der Waals surface area (Å²) in [6.07, 6.45) is -0.235. The molecule has 3 aromatic heterocycles. The largest absolute Gasteiger partial charge is 0.456 e. The fraction of sp³-hybridized carbons (Fsp3) is 0.0196. The number of para-hydroxylation sites is 2. The first-order valence-corrected chi connectivity index (χ1v) is 20.0. The maximum absolute atomic E-state index is 6.51. The Hall–Kier alpha value is -7.28. The van der Waals surface area contributed by atoms with Gasteiger partial charge in [0.2, 0.25) is 0 Å². The summed E-state index contributed by atoms with van der Waals surface area (Å²) in [6, 6.07) is 64.5. The van der Waals surface area contributed by atoms with Gasteiger partial charge >= 0.3 is 0 Å². The van der Waals surface area contributed by atoms with Crippen molar-refractivity contribution in [3.05, 3.63) is 199 Å². The maximum Gasteiger partial charge on any atom is 0.159 e. The number of aliphatic imine (C=N–C) groups is 2. The van der Waals surface area contributed by atoms with Crippen LogP contribution in [0.2, 0.25) is 0 Å². The molecule has 1 aliphatic rings. The van der Waals surface area contributed by atoms with E-state index in [1.54, 1.807) is 0 Å². The summed E-state index contributed by atoms with van der Waals surface area (Å²) >= 11 is 1.81. The highest BCUT2D eigenvalue weighted by Crippen LogP contribution is 2.40. The predicted molar refractivity (Wildman–Crippen MR) is 238 cm³/mol. The number of benzene rings is 8. The molecule has 0 aliphatic carbocycles. The van der Waals surface area contributed by atoms with Gasteiger partial charge in [-0.25, -0.2) is 9.98 Å². The van der Waals surface area contributed by atoms with Gasteiger partial charge in [-0.2, -0.15) is 0 Å². The summed E-state index contributed by atoms with van der Waals surface area (Å²) in [5.41, 5.74) is 10.7. The van der Waals surface area contributed by atoms with Crippen molar-refractivity contribution in [3.8, 4) is 16.8 Å². The number of nitrogens with one attached hydrogen (secondary N) is 1. The van der Waals surface area contributed by atoms with E-state index in [0.29, 0.717) is 0 Å². The summed E-state index contributed by atoms with van der Waals surface area (Å²) in [4.78, 5) is 10.2. The van der Waals surface area contributed by atoms with Crippen LogP contribution in [0.15, 0.2) is 196 Å². The Morgan fingerprint density at radius 3 is 1.93 bits per heavy atom. The van der Waals surface area contributed by atoms with Gasteiger partial charge in [0.05, 0.1) is 11.0 Å². The van der Waals surface area contributed by atoms with Crippen LogP contribution >= 0.6 is 11.3 Å². The third-order valence-electron chi connectivity index (χ3n) is 11.3. The van der Waals surface area contributed by atoms with Gasteiger partial charge in [-0.1, -0.05) is 121 Å². The smallest absolute Gasteiger partial charge is 0.159 e. The Kier molecular flexibility index (Phi) is 7.09. The lowest BCUT2D eigenvalue weighted by Crippen LogP contribution is -2.33. The van der Waals surface area contributed by atoms with E-state index in [0.717, 1.165) is 61.6 Å². The molecule has 57 heavy (non-hydrogen) atoms. The van der Waals surface area contributed by atoms with Crippen LogP contribution in [0.4, 0.5) is 0 Å². The van der Waals surface area contributed by atoms with Gasteiger partial charge in [-0.15, -0.1) is 11.3 Å². The van der Waals surface area contributed by atoms with Crippen molar-refractivity contribution >= 4 is 86.9 Å². The topological polar surface area (TPSA) is 54.8 Å². The molecular weight excluding hydrogens is 717 g/mol. The Balaban J connectivity index is 0.913. The fourth-order valence-corrected chi connectivity index (χ4v) is 9.63. The maximum atomic E-state index is 6.51. The molecule has 0 bridgehead atoms. The first kappa shape index (κ1) is 32.0. The van der Waals surface area contributed by atoms with Crippen LogP contribution in [0.5, 0.6) is 0 Å². The van der Waals surface area contributed by atoms with Gasteiger partial charge in [0.15, 0.2) is 5.84 Å². The van der Waals surface area contributed by atoms with E-state index in [1.165, 1.54) is 47.5 Å². The zero-order valence-electron chi connectivity index (χ0n) is 30.6. The minimum atomic E-state index is -0.235. The van der Waals surface area contributed by atoms with E-state index in [4.69, 9.17) is 14.4 Å². The van der Waals surface area contributed by atoms with E-state index in [1.807, 2.05) is 35.6 Å². The van der Waals surface area contributed by atoms with Crippen LogP contribution in [0.1, 0.15) is 22.9 Å². The van der Waals surface area contributed by atoms with E-state index in [2.05, 4.69) is 168 Å². The second kappa shape index (κ2) is 12.6. The van der Waals surface area contributed by atoms with E-state index >= 15 is 0 Å². The second-order valence-corrected chi connectivity index (χ2v) is 15.7. The van der Waals surface area contributed by atoms with Crippen LogP contribution in [-0.4, -0.2) is 16.2 Å². The zero-order valence-corrected chi connectivity index (χ0v) is 31.4. The van der Waals surface area contributed by atoms with Crippen molar-refractivity contribution in [3.63, 3.8) is 0 Å². The molecule has 0 radical (unpaired) electrons. The molecule has 11 aromatic rings. The summed E-state index contributed by atoms with van der Waals surface area (Å²) in [5, 5.41) is 10.8. The minimum absolute atomic E-state index is 0.235. The molecule has 268 valence electrons. The number of amidine groups is 2. The van der Waals surface area contributed by atoms with Crippen molar-refractivity contribution in [1.82, 2.24) is 9.88 Å². The number of nitrogens with zero attached hydrogens (tertiary/aromatic N) is 3. The number of hydrogen-bond acceptors (Lipinski definition) is 5. The van der Waals surface area contributed by atoms with E-state index in [9.17, 15) is 0 Å². The van der Waals surface area contributed by atoms with Gasteiger partial charge in [-0.05, 0) is 71.3 Å². The Morgan fingerprint density at radius 1 is 0.474 bits per heavy atom. The molecule has 0 spiro atoms. The molecule has 4 heterocycles. The zero-order chi connectivity index (χ0) is 37.5. The van der Waals surface area contributed by atoms with Crippen LogP contribution in [0, 0.1) is 0 Å². The molecule has 1 unspecified atom stereocenters. The molecule has 1 aliphatic heterocycles. The first-order valence-electron chi connectivity index (χ1n) is 19.2. The molecule has 6 heteroatoms. The summed E-state index contributed by atoms with van der Waals surface area (Å²) in [5.74, 6) is 1.55. The Bertz CT molecular complexity index is 3390. The van der Waals surface area contributed by atoms with Gasteiger partial charge in [0.1, 0.15) is 23.2 Å². The Labute approximate surface area is 331 Å². The Morgan fingerprint density at radius 2 is 1.14 bits per heavy atom. The van der Waals surface area contributed by atoms with Gasteiger partial charge in [-0.3, -0.25) is 0 Å². The molecule has 1 N–H and O–H groups in total. The molecular formula is C51H32N4OS. The van der Waals surface area contributed by atoms with Gasteiger partial charge < -0.3 is 14.3 Å². The lowest BCUT2D eigenvalue weighted by atomic mass is 10.0. The average Bonchev–Trinajstić information content (AvgIpc) is 3.95.